The second-order valence-electron chi connectivity index (χ2n) is 4.79. The van der Waals surface area contributed by atoms with Gasteiger partial charge in [0, 0.05) is 37.3 Å². The third kappa shape index (κ3) is 4.91. The average Bonchev–Trinajstić information content (AvgIpc) is 2.52. The van der Waals surface area contributed by atoms with Gasteiger partial charge in [-0.05, 0) is 18.6 Å². The average molecular weight is 258 g/mol. The van der Waals surface area contributed by atoms with Crippen LogP contribution < -0.4 is 5.32 Å². The summed E-state index contributed by atoms with van der Waals surface area (Å²) in [5.41, 5.74) is 2.37. The predicted octanol–water partition coefficient (Wildman–Crippen LogP) is 1.34. The fourth-order valence-corrected chi connectivity index (χ4v) is 2.13. The fourth-order valence-electron chi connectivity index (χ4n) is 1.60. The molecule has 4 nitrogen and oxygen atoms in total. The maximum absolute atomic E-state index is 11.1. The summed E-state index contributed by atoms with van der Waals surface area (Å²) < 4.78 is 24.2. The van der Waals surface area contributed by atoms with Crippen LogP contribution in [-0.4, -0.2) is 31.0 Å². The first-order valence-electron chi connectivity index (χ1n) is 5.85. The van der Waals surface area contributed by atoms with Gasteiger partial charge in [0.1, 0.15) is 9.84 Å². The van der Waals surface area contributed by atoms with Gasteiger partial charge in [-0.15, -0.1) is 0 Å². The van der Waals surface area contributed by atoms with Gasteiger partial charge in [0.2, 0.25) is 0 Å². The summed E-state index contributed by atoms with van der Waals surface area (Å²) in [4.78, 5) is 0. The quantitative estimate of drug-likeness (QED) is 0.837. The van der Waals surface area contributed by atoms with Crippen LogP contribution in [0.25, 0.3) is 0 Å². The van der Waals surface area contributed by atoms with E-state index in [0.29, 0.717) is 12.6 Å². The van der Waals surface area contributed by atoms with E-state index in [2.05, 4.69) is 19.2 Å². The molecule has 1 aromatic rings. The van der Waals surface area contributed by atoms with E-state index in [0.717, 1.165) is 12.2 Å². The van der Waals surface area contributed by atoms with Crippen LogP contribution in [0.4, 0.5) is 0 Å². The van der Waals surface area contributed by atoms with Gasteiger partial charge in [0.05, 0.1) is 5.75 Å². The summed E-state index contributed by atoms with van der Waals surface area (Å²) in [6.07, 6.45) is 3.23. The van der Waals surface area contributed by atoms with E-state index in [-0.39, 0.29) is 5.75 Å². The minimum atomic E-state index is -2.89. The van der Waals surface area contributed by atoms with Gasteiger partial charge in [0.25, 0.3) is 0 Å². The van der Waals surface area contributed by atoms with Crippen molar-refractivity contribution in [2.24, 2.45) is 0 Å². The molecule has 98 valence electrons. The van der Waals surface area contributed by atoms with Crippen molar-refractivity contribution < 1.29 is 8.42 Å². The van der Waals surface area contributed by atoms with Gasteiger partial charge < -0.3 is 9.88 Å². The molecular weight excluding hydrogens is 236 g/mol. The molecule has 17 heavy (non-hydrogen) atoms. The van der Waals surface area contributed by atoms with E-state index >= 15 is 0 Å². The Kier molecular flexibility index (Phi) is 4.77. The Morgan fingerprint density at radius 2 is 2.06 bits per heavy atom. The number of hydrogen-bond acceptors (Lipinski definition) is 3. The molecular formula is C12H22N2O2S. The number of aromatic nitrogens is 1. The molecule has 1 rings (SSSR count). The van der Waals surface area contributed by atoms with E-state index in [4.69, 9.17) is 0 Å². The molecule has 0 aromatic carbocycles. The summed E-state index contributed by atoms with van der Waals surface area (Å²) in [6.45, 7) is 7.60. The zero-order valence-electron chi connectivity index (χ0n) is 11.0. The van der Waals surface area contributed by atoms with Crippen molar-refractivity contribution in [2.75, 3.05) is 12.0 Å². The molecule has 0 amide bonds. The van der Waals surface area contributed by atoms with Crippen molar-refractivity contribution in [3.8, 4) is 0 Å². The van der Waals surface area contributed by atoms with Crippen LogP contribution in [0.1, 0.15) is 25.1 Å². The minimum absolute atomic E-state index is 0.194. The molecule has 0 bridgehead atoms. The van der Waals surface area contributed by atoms with Crippen LogP contribution in [0.15, 0.2) is 12.3 Å². The van der Waals surface area contributed by atoms with Gasteiger partial charge in [-0.25, -0.2) is 8.42 Å². The molecule has 0 atom stereocenters. The minimum Gasteiger partial charge on any atom is -0.350 e. The normalized spacial score (nSPS) is 12.3. The van der Waals surface area contributed by atoms with Crippen molar-refractivity contribution in [3.05, 3.63) is 23.5 Å². The Morgan fingerprint density at radius 3 is 2.59 bits per heavy atom. The maximum Gasteiger partial charge on any atom is 0.149 e. The van der Waals surface area contributed by atoms with Crippen LogP contribution in [0.2, 0.25) is 0 Å². The van der Waals surface area contributed by atoms with Crippen molar-refractivity contribution in [3.63, 3.8) is 0 Å². The maximum atomic E-state index is 11.1. The van der Waals surface area contributed by atoms with Crippen molar-refractivity contribution in [2.45, 2.75) is 39.9 Å². The van der Waals surface area contributed by atoms with Gasteiger partial charge >= 0.3 is 0 Å². The van der Waals surface area contributed by atoms with Gasteiger partial charge in [-0.2, -0.15) is 0 Å². The molecule has 0 aliphatic carbocycles. The molecule has 0 spiro atoms. The highest BCUT2D eigenvalue weighted by Gasteiger charge is 2.07. The molecule has 1 heterocycles. The second-order valence-corrected chi connectivity index (χ2v) is 7.05. The number of nitrogens with zero attached hydrogens (tertiary/aromatic N) is 1. The summed E-state index contributed by atoms with van der Waals surface area (Å²) >= 11 is 0. The van der Waals surface area contributed by atoms with Crippen LogP contribution in [0.5, 0.6) is 0 Å². The highest BCUT2D eigenvalue weighted by molar-refractivity contribution is 7.90. The molecule has 1 N–H and O–H groups in total. The predicted molar refractivity (Wildman–Crippen MR) is 70.9 cm³/mol. The van der Waals surface area contributed by atoms with Crippen molar-refractivity contribution >= 4 is 9.84 Å². The van der Waals surface area contributed by atoms with E-state index < -0.39 is 9.84 Å². The first kappa shape index (κ1) is 14.3. The van der Waals surface area contributed by atoms with E-state index in [1.165, 1.54) is 11.8 Å². The molecule has 1 aromatic heterocycles. The summed E-state index contributed by atoms with van der Waals surface area (Å²) in [5.74, 6) is 0.194. The van der Waals surface area contributed by atoms with Crippen molar-refractivity contribution in [1.29, 1.82) is 0 Å². The number of hydrogen-bond donors (Lipinski definition) is 1. The first-order chi connectivity index (χ1) is 7.79. The van der Waals surface area contributed by atoms with Crippen LogP contribution >= 0.6 is 0 Å². The highest BCUT2D eigenvalue weighted by Crippen LogP contribution is 2.10. The molecule has 5 heteroatoms. The molecule has 0 unspecified atom stereocenters. The lowest BCUT2D eigenvalue weighted by Crippen LogP contribution is -2.22. The van der Waals surface area contributed by atoms with E-state index in [1.807, 2.05) is 23.8 Å². The first-order valence-corrected chi connectivity index (χ1v) is 7.91. The lowest BCUT2D eigenvalue weighted by atomic mass is 10.2. The Labute approximate surface area is 104 Å². The van der Waals surface area contributed by atoms with Crippen LogP contribution in [0.3, 0.4) is 0 Å². The summed E-state index contributed by atoms with van der Waals surface area (Å²) in [5, 5.41) is 3.36. The SMILES string of the molecule is Cc1c(CNC(C)C)ccn1CCS(C)(=O)=O. The van der Waals surface area contributed by atoms with Crippen molar-refractivity contribution in [1.82, 2.24) is 9.88 Å². The van der Waals surface area contributed by atoms with E-state index in [9.17, 15) is 8.42 Å². The largest absolute Gasteiger partial charge is 0.350 e. The Hall–Kier alpha value is -0.810. The molecule has 0 aliphatic rings. The lowest BCUT2D eigenvalue weighted by molar-refractivity contribution is 0.583. The third-order valence-corrected chi connectivity index (χ3v) is 3.68. The molecule has 0 saturated carbocycles. The topological polar surface area (TPSA) is 51.1 Å². The number of rotatable bonds is 6. The number of sulfone groups is 1. The smallest absolute Gasteiger partial charge is 0.149 e. The molecule has 0 aliphatic heterocycles. The Bertz CT molecular complexity index is 461. The van der Waals surface area contributed by atoms with E-state index in [1.54, 1.807) is 0 Å². The number of aryl methyl sites for hydroxylation is 1. The van der Waals surface area contributed by atoms with Crippen LogP contribution in [0, 0.1) is 6.92 Å². The Balaban J connectivity index is 2.64. The fraction of sp³-hybridized carbons (Fsp3) is 0.667. The second kappa shape index (κ2) is 5.69. The number of nitrogens with one attached hydrogen (secondary N) is 1. The molecule has 0 saturated heterocycles. The highest BCUT2D eigenvalue weighted by atomic mass is 32.2. The lowest BCUT2D eigenvalue weighted by Gasteiger charge is -2.09. The molecule has 0 fully saturated rings. The van der Waals surface area contributed by atoms with Gasteiger partial charge in [-0.1, -0.05) is 13.8 Å². The monoisotopic (exact) mass is 258 g/mol. The summed E-state index contributed by atoms with van der Waals surface area (Å²) in [6, 6.07) is 2.50. The molecule has 0 radical (unpaired) electrons. The Morgan fingerprint density at radius 1 is 1.41 bits per heavy atom. The van der Waals surface area contributed by atoms with Gasteiger partial charge in [0.15, 0.2) is 0 Å². The van der Waals surface area contributed by atoms with Gasteiger partial charge in [-0.3, -0.25) is 0 Å². The zero-order chi connectivity index (χ0) is 13.1. The third-order valence-electron chi connectivity index (χ3n) is 2.75. The van der Waals surface area contributed by atoms with Crippen LogP contribution in [-0.2, 0) is 22.9 Å². The zero-order valence-corrected chi connectivity index (χ0v) is 11.8. The standard InChI is InChI=1S/C12H22N2O2S/c1-10(2)13-9-12-5-6-14(11(12)3)7-8-17(4,15)16/h5-6,10,13H,7-9H2,1-4H3. The summed E-state index contributed by atoms with van der Waals surface area (Å²) in [7, 11) is -2.89.